The first kappa shape index (κ1) is 17.3. The minimum atomic E-state index is -0.816. The van der Waals surface area contributed by atoms with Gasteiger partial charge in [0.25, 0.3) is 5.91 Å². The van der Waals surface area contributed by atoms with Gasteiger partial charge in [0.2, 0.25) is 11.8 Å². The molecule has 4 amide bonds. The van der Waals surface area contributed by atoms with Crippen molar-refractivity contribution in [1.29, 1.82) is 0 Å². The van der Waals surface area contributed by atoms with Crippen LogP contribution >= 0.6 is 11.8 Å². The molecule has 0 aliphatic carbocycles. The average molecular weight is 341 g/mol. The van der Waals surface area contributed by atoms with Crippen LogP contribution in [-0.2, 0) is 21.9 Å². The van der Waals surface area contributed by atoms with E-state index >= 15 is 0 Å². The van der Waals surface area contributed by atoms with Gasteiger partial charge in [0.05, 0.1) is 18.7 Å². The summed E-state index contributed by atoms with van der Waals surface area (Å²) in [7, 11) is 0. The summed E-state index contributed by atoms with van der Waals surface area (Å²) < 4.78 is 4.99. The first-order valence-corrected chi connectivity index (χ1v) is 8.63. The summed E-state index contributed by atoms with van der Waals surface area (Å²) in [5, 5.41) is 8.87. The first-order chi connectivity index (χ1) is 11.0. The molecule has 0 aromatic carbocycles. The monoisotopic (exact) mass is 341 g/mol. The van der Waals surface area contributed by atoms with Gasteiger partial charge in [0.15, 0.2) is 5.82 Å². The van der Waals surface area contributed by atoms with E-state index in [0.717, 1.165) is 4.90 Å². The topological polar surface area (TPSA) is 117 Å². The number of carbonyl (C=O) groups is 3. The molecule has 9 nitrogen and oxygen atoms in total. The molecule has 1 aromatic heterocycles. The van der Waals surface area contributed by atoms with Crippen LogP contribution in [0, 0.1) is 0 Å². The molecular weight excluding hydrogens is 322 g/mol. The molecule has 0 spiro atoms. The van der Waals surface area contributed by atoms with Crippen molar-refractivity contribution in [2.75, 3.05) is 12.8 Å². The molecule has 1 aliphatic heterocycles. The Hall–Kier alpha value is -2.10. The van der Waals surface area contributed by atoms with Crippen LogP contribution in [0.4, 0.5) is 4.79 Å². The van der Waals surface area contributed by atoms with E-state index in [1.807, 2.05) is 13.2 Å². The normalized spacial score (nSPS) is 17.5. The average Bonchev–Trinajstić information content (AvgIpc) is 3.06. The molecule has 2 heterocycles. The van der Waals surface area contributed by atoms with E-state index in [4.69, 9.17) is 4.52 Å². The predicted molar refractivity (Wildman–Crippen MR) is 82.3 cm³/mol. The third kappa shape index (κ3) is 4.44. The van der Waals surface area contributed by atoms with Crippen molar-refractivity contribution in [3.05, 3.63) is 11.7 Å². The minimum absolute atomic E-state index is 0.0910. The Bertz CT molecular complexity index is 591. The van der Waals surface area contributed by atoms with Crippen molar-refractivity contribution in [3.8, 4) is 0 Å². The second-order valence-electron chi connectivity index (χ2n) is 5.01. The summed E-state index contributed by atoms with van der Waals surface area (Å²) in [5.74, 6) is 0.762. The van der Waals surface area contributed by atoms with E-state index in [2.05, 4.69) is 20.8 Å². The van der Waals surface area contributed by atoms with Crippen LogP contribution in [0.2, 0.25) is 0 Å². The molecule has 0 saturated carbocycles. The molecule has 0 radical (unpaired) electrons. The summed E-state index contributed by atoms with van der Waals surface area (Å²) in [6.45, 7) is 2.31. The van der Waals surface area contributed by atoms with Gasteiger partial charge in [-0.1, -0.05) is 12.1 Å². The van der Waals surface area contributed by atoms with Crippen LogP contribution < -0.4 is 10.6 Å². The SMILES string of the molecule is CCCN1C(=O)N[C@@H](CC(=O)NCc2nc(CSC)no2)C1=O. The molecule has 1 saturated heterocycles. The molecule has 126 valence electrons. The largest absolute Gasteiger partial charge is 0.347 e. The Kier molecular flexibility index (Phi) is 5.97. The number of imide groups is 1. The lowest BCUT2D eigenvalue weighted by molar-refractivity contribution is -0.130. The number of rotatable bonds is 8. The van der Waals surface area contributed by atoms with Gasteiger partial charge in [-0.15, -0.1) is 0 Å². The van der Waals surface area contributed by atoms with E-state index in [-0.39, 0.29) is 24.8 Å². The lowest BCUT2D eigenvalue weighted by Gasteiger charge is -2.11. The van der Waals surface area contributed by atoms with Gasteiger partial charge in [-0.2, -0.15) is 16.7 Å². The molecule has 1 atom stereocenters. The number of nitrogens with zero attached hydrogens (tertiary/aromatic N) is 3. The van der Waals surface area contributed by atoms with E-state index < -0.39 is 12.1 Å². The molecule has 10 heteroatoms. The van der Waals surface area contributed by atoms with Crippen molar-refractivity contribution in [3.63, 3.8) is 0 Å². The van der Waals surface area contributed by atoms with Gasteiger partial charge in [-0.25, -0.2) is 4.79 Å². The lowest BCUT2D eigenvalue weighted by Crippen LogP contribution is -2.36. The Labute approximate surface area is 137 Å². The molecule has 0 unspecified atom stereocenters. The van der Waals surface area contributed by atoms with Crippen LogP contribution in [0.1, 0.15) is 31.5 Å². The van der Waals surface area contributed by atoms with Gasteiger partial charge in [-0.05, 0) is 12.7 Å². The highest BCUT2D eigenvalue weighted by Crippen LogP contribution is 2.10. The van der Waals surface area contributed by atoms with Gasteiger partial charge in [0.1, 0.15) is 6.04 Å². The highest BCUT2D eigenvalue weighted by molar-refractivity contribution is 7.97. The van der Waals surface area contributed by atoms with Crippen LogP contribution in [0.25, 0.3) is 0 Å². The zero-order chi connectivity index (χ0) is 16.8. The second-order valence-corrected chi connectivity index (χ2v) is 5.88. The highest BCUT2D eigenvalue weighted by atomic mass is 32.2. The molecule has 2 rings (SSSR count). The van der Waals surface area contributed by atoms with E-state index in [9.17, 15) is 14.4 Å². The van der Waals surface area contributed by atoms with Crippen LogP contribution in [-0.4, -0.2) is 51.7 Å². The van der Waals surface area contributed by atoms with Gasteiger partial charge in [0, 0.05) is 6.54 Å². The fraction of sp³-hybridized carbons (Fsp3) is 0.615. The standard InChI is InChI=1S/C13H19N5O4S/c1-3-4-18-12(20)8(15-13(18)21)5-10(19)14-6-11-16-9(7-23-2)17-22-11/h8H,3-7H2,1-2H3,(H,14,19)(H,15,21)/t8-/m0/s1. The van der Waals surface area contributed by atoms with Crippen molar-refractivity contribution in [1.82, 2.24) is 25.7 Å². The number of carbonyl (C=O) groups excluding carboxylic acids is 3. The smallest absolute Gasteiger partial charge is 0.324 e. The minimum Gasteiger partial charge on any atom is -0.347 e. The fourth-order valence-electron chi connectivity index (χ4n) is 2.13. The van der Waals surface area contributed by atoms with Crippen molar-refractivity contribution in [2.24, 2.45) is 0 Å². The van der Waals surface area contributed by atoms with E-state index in [0.29, 0.717) is 30.4 Å². The van der Waals surface area contributed by atoms with Gasteiger partial charge < -0.3 is 15.2 Å². The quantitative estimate of drug-likeness (QED) is 0.652. The van der Waals surface area contributed by atoms with Crippen molar-refractivity contribution in [2.45, 2.75) is 38.1 Å². The Morgan fingerprint density at radius 3 is 2.96 bits per heavy atom. The summed E-state index contributed by atoms with van der Waals surface area (Å²) in [5.41, 5.74) is 0. The third-order valence-electron chi connectivity index (χ3n) is 3.16. The number of nitrogens with one attached hydrogen (secondary N) is 2. The zero-order valence-corrected chi connectivity index (χ0v) is 13.8. The predicted octanol–water partition coefficient (Wildman–Crippen LogP) is 0.269. The molecule has 2 N–H and O–H groups in total. The first-order valence-electron chi connectivity index (χ1n) is 7.24. The second kappa shape index (κ2) is 7.95. The maximum Gasteiger partial charge on any atom is 0.324 e. The molecule has 0 bridgehead atoms. The lowest BCUT2D eigenvalue weighted by atomic mass is 10.2. The number of amides is 4. The van der Waals surface area contributed by atoms with Gasteiger partial charge >= 0.3 is 6.03 Å². The number of hydrogen-bond acceptors (Lipinski definition) is 7. The summed E-state index contributed by atoms with van der Waals surface area (Å²) in [6.07, 6.45) is 2.48. The number of thioether (sulfide) groups is 1. The number of hydrogen-bond donors (Lipinski definition) is 2. The summed E-state index contributed by atoms with van der Waals surface area (Å²) in [6, 6.07) is -1.27. The molecule has 1 fully saturated rings. The van der Waals surface area contributed by atoms with Crippen LogP contribution in [0.5, 0.6) is 0 Å². The maximum atomic E-state index is 12.0. The number of aromatic nitrogens is 2. The third-order valence-corrected chi connectivity index (χ3v) is 3.71. The Morgan fingerprint density at radius 2 is 2.26 bits per heavy atom. The van der Waals surface area contributed by atoms with Crippen LogP contribution in [0.3, 0.4) is 0 Å². The molecule has 23 heavy (non-hydrogen) atoms. The zero-order valence-electron chi connectivity index (χ0n) is 13.0. The summed E-state index contributed by atoms with van der Waals surface area (Å²) in [4.78, 5) is 40.8. The van der Waals surface area contributed by atoms with Crippen molar-refractivity contribution >= 4 is 29.6 Å². The van der Waals surface area contributed by atoms with Crippen molar-refractivity contribution < 1.29 is 18.9 Å². The number of urea groups is 1. The summed E-state index contributed by atoms with van der Waals surface area (Å²) >= 11 is 1.56. The fourth-order valence-corrected chi connectivity index (χ4v) is 2.51. The van der Waals surface area contributed by atoms with Crippen LogP contribution in [0.15, 0.2) is 4.52 Å². The highest BCUT2D eigenvalue weighted by Gasteiger charge is 2.38. The molecular formula is C13H19N5O4S. The maximum absolute atomic E-state index is 12.0. The molecule has 1 aliphatic rings. The Balaban J connectivity index is 1.80. The van der Waals surface area contributed by atoms with E-state index in [1.54, 1.807) is 11.8 Å². The van der Waals surface area contributed by atoms with E-state index in [1.165, 1.54) is 0 Å². The Morgan fingerprint density at radius 1 is 1.48 bits per heavy atom. The molecule has 1 aromatic rings. The van der Waals surface area contributed by atoms with Gasteiger partial charge in [-0.3, -0.25) is 14.5 Å².